The molecule has 0 spiro atoms. The van der Waals surface area contributed by atoms with Crippen molar-refractivity contribution in [2.24, 2.45) is 5.92 Å². The average molecular weight is 431 g/mol. The molecule has 5 rings (SSSR count). The summed E-state index contributed by atoms with van der Waals surface area (Å²) in [6.07, 6.45) is 7.76. The van der Waals surface area contributed by atoms with Gasteiger partial charge in [0.15, 0.2) is 0 Å². The second-order valence-corrected chi connectivity index (χ2v) is 10.8. The van der Waals surface area contributed by atoms with E-state index < -0.39 is 10.2 Å². The number of fused-ring (bicyclic) bond motifs is 1. The Morgan fingerprint density at radius 2 is 1.67 bits per heavy atom. The Hall–Kier alpha value is -1.77. The van der Waals surface area contributed by atoms with E-state index in [0.29, 0.717) is 55.2 Å². The Bertz CT molecular complexity index is 1090. The predicted octanol–water partition coefficient (Wildman–Crippen LogP) is 3.06. The molecular weight excluding hydrogens is 400 g/mol. The molecule has 162 valence electrons. The number of nitrogens with zero attached hydrogens (tertiary/aromatic N) is 4. The van der Waals surface area contributed by atoms with Crippen molar-refractivity contribution >= 4 is 21.1 Å². The van der Waals surface area contributed by atoms with E-state index in [9.17, 15) is 13.2 Å². The van der Waals surface area contributed by atoms with Crippen LogP contribution < -0.4 is 5.56 Å². The first kappa shape index (κ1) is 20.2. The van der Waals surface area contributed by atoms with Crippen molar-refractivity contribution in [2.75, 3.05) is 19.6 Å². The third-order valence-corrected chi connectivity index (χ3v) is 8.77. The lowest BCUT2D eigenvalue weighted by Crippen LogP contribution is -2.45. The third-order valence-electron chi connectivity index (χ3n) is 6.72. The summed E-state index contributed by atoms with van der Waals surface area (Å²) in [5.41, 5.74) is 0.616. The van der Waals surface area contributed by atoms with Crippen LogP contribution >= 0.6 is 0 Å². The smallest absolute Gasteiger partial charge is 0.282 e. The zero-order chi connectivity index (χ0) is 20.7. The van der Waals surface area contributed by atoms with Crippen LogP contribution in [0.4, 0.5) is 0 Å². The number of benzene rings is 1. The molecule has 8 heteroatoms. The zero-order valence-electron chi connectivity index (χ0n) is 17.4. The fourth-order valence-corrected chi connectivity index (χ4v) is 6.77. The molecule has 1 unspecified atom stereocenters. The molecule has 3 aliphatic rings. The number of hydrogen-bond donors (Lipinski definition) is 0. The predicted molar refractivity (Wildman–Crippen MR) is 116 cm³/mol. The molecule has 7 nitrogen and oxygen atoms in total. The van der Waals surface area contributed by atoms with Crippen molar-refractivity contribution in [1.82, 2.24) is 18.2 Å². The van der Waals surface area contributed by atoms with E-state index in [4.69, 9.17) is 4.98 Å². The van der Waals surface area contributed by atoms with Gasteiger partial charge < -0.3 is 0 Å². The molecule has 0 bridgehead atoms. The summed E-state index contributed by atoms with van der Waals surface area (Å²) in [6, 6.07) is 7.04. The molecule has 1 atom stereocenters. The van der Waals surface area contributed by atoms with Gasteiger partial charge in [-0.1, -0.05) is 25.0 Å². The maximum atomic E-state index is 13.6. The van der Waals surface area contributed by atoms with Crippen LogP contribution in [0.1, 0.15) is 63.2 Å². The molecule has 3 fully saturated rings. The van der Waals surface area contributed by atoms with Gasteiger partial charge in [0.05, 0.1) is 16.9 Å². The molecule has 2 aliphatic heterocycles. The van der Waals surface area contributed by atoms with E-state index in [2.05, 4.69) is 0 Å². The van der Waals surface area contributed by atoms with Gasteiger partial charge in [-0.2, -0.15) is 17.0 Å². The maximum Gasteiger partial charge on any atom is 0.282 e. The molecule has 2 aromatic rings. The van der Waals surface area contributed by atoms with Gasteiger partial charge in [0.1, 0.15) is 5.82 Å². The Kier molecular flexibility index (Phi) is 5.41. The standard InChI is InChI=1S/C22H30N4O3S/c27-22-18-8-3-4-9-19(18)23-21(25(22)16-17-11-12-17)20-10-7-15-26(20)30(28,29)24-13-5-1-2-6-14-24/h3-4,8-9,17,20H,1-2,5-7,10-16H2. The normalized spacial score (nSPS) is 24.3. The van der Waals surface area contributed by atoms with Gasteiger partial charge in [-0.3, -0.25) is 9.36 Å². The first-order valence-corrected chi connectivity index (χ1v) is 12.7. The number of aromatic nitrogens is 2. The molecule has 1 aromatic carbocycles. The van der Waals surface area contributed by atoms with Crippen LogP contribution in [0.15, 0.2) is 29.1 Å². The van der Waals surface area contributed by atoms with Crippen molar-refractivity contribution in [3.05, 3.63) is 40.4 Å². The monoisotopic (exact) mass is 430 g/mol. The van der Waals surface area contributed by atoms with Crippen LogP contribution in [0.5, 0.6) is 0 Å². The molecule has 0 N–H and O–H groups in total. The lowest BCUT2D eigenvalue weighted by atomic mass is 10.1. The maximum absolute atomic E-state index is 13.6. The third kappa shape index (κ3) is 3.69. The van der Waals surface area contributed by atoms with E-state index in [0.717, 1.165) is 44.9 Å². The molecule has 1 aromatic heterocycles. The number of para-hydroxylation sites is 1. The quantitative estimate of drug-likeness (QED) is 0.731. The molecule has 0 amide bonds. The molecule has 1 aliphatic carbocycles. The van der Waals surface area contributed by atoms with Crippen LogP contribution in [0.3, 0.4) is 0 Å². The van der Waals surface area contributed by atoms with Crippen molar-refractivity contribution in [2.45, 2.75) is 64.0 Å². The summed E-state index contributed by atoms with van der Waals surface area (Å²) < 4.78 is 32.2. The van der Waals surface area contributed by atoms with E-state index in [1.165, 1.54) is 0 Å². The minimum atomic E-state index is -3.57. The SMILES string of the molecule is O=c1c2ccccc2nc(C2CCCN2S(=O)(=O)N2CCCCCC2)n1CC1CC1. The second-order valence-electron chi connectivity index (χ2n) is 8.94. The van der Waals surface area contributed by atoms with Gasteiger partial charge in [-0.05, 0) is 56.6 Å². The molecule has 2 saturated heterocycles. The molecular formula is C22H30N4O3S. The van der Waals surface area contributed by atoms with Crippen LogP contribution in [0.25, 0.3) is 10.9 Å². The van der Waals surface area contributed by atoms with Gasteiger partial charge in [0, 0.05) is 26.2 Å². The average Bonchev–Trinajstić information content (AvgIpc) is 3.49. The van der Waals surface area contributed by atoms with Gasteiger partial charge in [-0.15, -0.1) is 0 Å². The van der Waals surface area contributed by atoms with Crippen LogP contribution in [0, 0.1) is 5.92 Å². The summed E-state index contributed by atoms with van der Waals surface area (Å²) in [6.45, 7) is 2.31. The van der Waals surface area contributed by atoms with E-state index in [1.807, 2.05) is 24.3 Å². The summed E-state index contributed by atoms with van der Waals surface area (Å²) in [5, 5.41) is 0.613. The summed E-state index contributed by atoms with van der Waals surface area (Å²) in [7, 11) is -3.57. The minimum Gasteiger partial charge on any atom is -0.294 e. The number of hydrogen-bond acceptors (Lipinski definition) is 4. The van der Waals surface area contributed by atoms with E-state index in [-0.39, 0.29) is 11.6 Å². The molecule has 1 saturated carbocycles. The minimum absolute atomic E-state index is 0.0403. The highest BCUT2D eigenvalue weighted by Gasteiger charge is 2.41. The highest BCUT2D eigenvalue weighted by Crippen LogP contribution is 2.37. The Morgan fingerprint density at radius 3 is 2.40 bits per heavy atom. The fourth-order valence-electron chi connectivity index (χ4n) is 4.87. The van der Waals surface area contributed by atoms with Crippen LogP contribution in [-0.4, -0.2) is 46.2 Å². The van der Waals surface area contributed by atoms with Crippen molar-refractivity contribution in [3.63, 3.8) is 0 Å². The number of rotatable bonds is 5. The van der Waals surface area contributed by atoms with E-state index in [1.54, 1.807) is 13.2 Å². The summed E-state index contributed by atoms with van der Waals surface area (Å²) >= 11 is 0. The molecule has 3 heterocycles. The van der Waals surface area contributed by atoms with Crippen molar-refractivity contribution < 1.29 is 8.42 Å². The highest BCUT2D eigenvalue weighted by atomic mass is 32.2. The van der Waals surface area contributed by atoms with Gasteiger partial charge >= 0.3 is 0 Å². The second kappa shape index (κ2) is 8.05. The highest BCUT2D eigenvalue weighted by molar-refractivity contribution is 7.86. The van der Waals surface area contributed by atoms with Crippen LogP contribution in [0.2, 0.25) is 0 Å². The Balaban J connectivity index is 1.57. The van der Waals surface area contributed by atoms with Gasteiger partial charge in [-0.25, -0.2) is 4.98 Å². The Morgan fingerprint density at radius 1 is 0.933 bits per heavy atom. The summed E-state index contributed by atoms with van der Waals surface area (Å²) in [4.78, 5) is 18.2. The lowest BCUT2D eigenvalue weighted by molar-refractivity contribution is 0.316. The van der Waals surface area contributed by atoms with E-state index >= 15 is 0 Å². The largest absolute Gasteiger partial charge is 0.294 e. The lowest BCUT2D eigenvalue weighted by Gasteiger charge is -2.31. The first-order valence-electron chi connectivity index (χ1n) is 11.3. The zero-order valence-corrected chi connectivity index (χ0v) is 18.2. The molecule has 30 heavy (non-hydrogen) atoms. The Labute approximate surface area is 177 Å². The van der Waals surface area contributed by atoms with Crippen molar-refractivity contribution in [1.29, 1.82) is 0 Å². The van der Waals surface area contributed by atoms with Gasteiger partial charge in [0.25, 0.3) is 15.8 Å². The van der Waals surface area contributed by atoms with Crippen molar-refractivity contribution in [3.8, 4) is 0 Å². The first-order chi connectivity index (χ1) is 14.6. The fraction of sp³-hybridized carbons (Fsp3) is 0.636. The molecule has 0 radical (unpaired) electrons. The van der Waals surface area contributed by atoms with Crippen LogP contribution in [-0.2, 0) is 16.8 Å². The van der Waals surface area contributed by atoms with Gasteiger partial charge in [0.2, 0.25) is 0 Å². The summed E-state index contributed by atoms with van der Waals surface area (Å²) in [5.74, 6) is 1.13. The topological polar surface area (TPSA) is 75.5 Å².